The third-order valence-electron chi connectivity index (χ3n) is 5.63. The fourth-order valence-electron chi connectivity index (χ4n) is 3.55. The van der Waals surface area contributed by atoms with E-state index in [4.69, 9.17) is 0 Å². The van der Waals surface area contributed by atoms with Gasteiger partial charge in [-0.3, -0.25) is 9.52 Å². The Balaban J connectivity index is 2.06. The van der Waals surface area contributed by atoms with Crippen molar-refractivity contribution in [2.24, 2.45) is 0 Å². The molecule has 2 aromatic rings. The lowest BCUT2D eigenvalue weighted by Gasteiger charge is -2.36. The van der Waals surface area contributed by atoms with Gasteiger partial charge in [-0.2, -0.15) is 5.26 Å². The highest BCUT2D eigenvalue weighted by atomic mass is 79.9. The second-order valence-corrected chi connectivity index (χ2v) is 10.8. The molecule has 33 heavy (non-hydrogen) atoms. The lowest BCUT2D eigenvalue weighted by Crippen LogP contribution is -2.34. The minimum Gasteiger partial charge on any atom is -0.507 e. The number of benzene rings is 2. The van der Waals surface area contributed by atoms with Gasteiger partial charge in [0.2, 0.25) is 0 Å². The predicted octanol–water partition coefficient (Wildman–Crippen LogP) is 2.90. The summed E-state index contributed by atoms with van der Waals surface area (Å²) >= 11 is 3.17. The summed E-state index contributed by atoms with van der Waals surface area (Å²) in [6, 6.07) is 9.01. The first-order chi connectivity index (χ1) is 15.5. The Labute approximate surface area is 201 Å². The maximum atomic E-state index is 13.0. The summed E-state index contributed by atoms with van der Waals surface area (Å²) in [5, 5.41) is 33.3. The first kappa shape index (κ1) is 24.8. The van der Waals surface area contributed by atoms with E-state index in [1.807, 2.05) is 19.0 Å². The summed E-state index contributed by atoms with van der Waals surface area (Å²) in [7, 11) is -0.631. The van der Waals surface area contributed by atoms with Gasteiger partial charge < -0.3 is 20.4 Å². The van der Waals surface area contributed by atoms with Crippen LogP contribution in [0.3, 0.4) is 0 Å². The van der Waals surface area contributed by atoms with Gasteiger partial charge in [0.15, 0.2) is 5.75 Å². The van der Waals surface area contributed by atoms with Crippen LogP contribution in [-0.4, -0.2) is 56.6 Å². The number of likely N-dealkylation sites (N-methyl/N-ethyl adjacent to an activating group) is 1. The molecule has 0 bridgehead atoms. The molecule has 1 aliphatic carbocycles. The number of carbonyl (C=O) groups excluding carboxylic acids is 1. The molecule has 0 saturated heterocycles. The normalized spacial score (nSPS) is 14.9. The van der Waals surface area contributed by atoms with Gasteiger partial charge in [-0.1, -0.05) is 15.9 Å². The summed E-state index contributed by atoms with van der Waals surface area (Å²) in [4.78, 5) is 14.3. The van der Waals surface area contributed by atoms with E-state index in [-0.39, 0.29) is 11.3 Å². The van der Waals surface area contributed by atoms with Crippen LogP contribution in [0.15, 0.2) is 39.7 Å². The molecule has 4 N–H and O–H groups in total. The number of anilines is 1. The van der Waals surface area contributed by atoms with Crippen LogP contribution in [0.2, 0.25) is 0 Å². The van der Waals surface area contributed by atoms with E-state index in [1.54, 1.807) is 0 Å². The molecule has 0 aliphatic heterocycles. The molecule has 0 spiro atoms. The first-order valence-corrected chi connectivity index (χ1v) is 12.5. The number of nitrogens with one attached hydrogen (secondary N) is 2. The summed E-state index contributed by atoms with van der Waals surface area (Å²) in [5.74, 6) is -1.63. The van der Waals surface area contributed by atoms with E-state index < -0.39 is 37.7 Å². The van der Waals surface area contributed by atoms with Crippen molar-refractivity contribution in [3.8, 4) is 17.6 Å². The van der Waals surface area contributed by atoms with Crippen molar-refractivity contribution >= 4 is 37.5 Å². The monoisotopic (exact) mass is 536 g/mol. The topological polar surface area (TPSA) is 143 Å². The minimum absolute atomic E-state index is 0.135. The lowest BCUT2D eigenvalue weighted by molar-refractivity contribution is 0.0948. The second kappa shape index (κ2) is 9.59. The van der Waals surface area contributed by atoms with Gasteiger partial charge in [0.25, 0.3) is 15.9 Å². The average Bonchev–Trinajstić information content (AvgIpc) is 2.70. The quantitative estimate of drug-likeness (QED) is 0.379. The first-order valence-electron chi connectivity index (χ1n) is 10.2. The van der Waals surface area contributed by atoms with Gasteiger partial charge in [0, 0.05) is 17.6 Å². The van der Waals surface area contributed by atoms with E-state index in [2.05, 4.69) is 32.0 Å². The minimum atomic E-state index is -4.33. The highest BCUT2D eigenvalue weighted by Crippen LogP contribution is 2.46. The summed E-state index contributed by atoms with van der Waals surface area (Å²) in [5.41, 5.74) is -0.789. The third kappa shape index (κ3) is 5.24. The van der Waals surface area contributed by atoms with E-state index in [0.29, 0.717) is 36.0 Å². The number of phenolic OH excluding ortho intramolecular Hbond substituents is 2. The fourth-order valence-corrected chi connectivity index (χ4v) is 5.24. The zero-order valence-electron chi connectivity index (χ0n) is 18.2. The summed E-state index contributed by atoms with van der Waals surface area (Å²) < 4.78 is 28.7. The zero-order chi connectivity index (χ0) is 24.4. The van der Waals surface area contributed by atoms with Gasteiger partial charge in [-0.25, -0.2) is 8.42 Å². The van der Waals surface area contributed by atoms with Crippen molar-refractivity contribution in [2.45, 2.75) is 29.6 Å². The SMILES string of the molecule is CN(C)CCNC(=O)c1cc(C2(C#N)CCC2)cc(NS(=O)(=O)c2cc(Br)ccc2O)c1O. The molecule has 176 valence electrons. The maximum Gasteiger partial charge on any atom is 0.265 e. The number of aromatic hydroxyl groups is 2. The predicted molar refractivity (Wildman–Crippen MR) is 127 cm³/mol. The van der Waals surface area contributed by atoms with Crippen LogP contribution in [0.25, 0.3) is 0 Å². The fraction of sp³-hybridized carbons (Fsp3) is 0.364. The molecular formula is C22H25BrN4O5S. The smallest absolute Gasteiger partial charge is 0.265 e. The van der Waals surface area contributed by atoms with Crippen LogP contribution in [0.4, 0.5) is 5.69 Å². The highest BCUT2D eigenvalue weighted by molar-refractivity contribution is 9.10. The number of hydrogen-bond donors (Lipinski definition) is 4. The molecule has 1 saturated carbocycles. The summed E-state index contributed by atoms with van der Waals surface area (Å²) in [6.45, 7) is 0.877. The molecule has 0 atom stereocenters. The second-order valence-electron chi connectivity index (χ2n) is 8.24. The Morgan fingerprint density at radius 2 is 1.94 bits per heavy atom. The van der Waals surface area contributed by atoms with Crippen molar-refractivity contribution < 1.29 is 23.4 Å². The molecule has 11 heteroatoms. The highest BCUT2D eigenvalue weighted by Gasteiger charge is 2.40. The average molecular weight is 537 g/mol. The van der Waals surface area contributed by atoms with Gasteiger partial charge in [-0.15, -0.1) is 0 Å². The Kier molecular flexibility index (Phi) is 7.21. The maximum absolute atomic E-state index is 13.0. The van der Waals surface area contributed by atoms with Crippen LogP contribution >= 0.6 is 15.9 Å². The number of hydrogen-bond acceptors (Lipinski definition) is 7. The molecule has 2 aromatic carbocycles. The van der Waals surface area contributed by atoms with Gasteiger partial charge in [0.05, 0.1) is 22.7 Å². The van der Waals surface area contributed by atoms with Crippen molar-refractivity contribution in [3.63, 3.8) is 0 Å². The van der Waals surface area contributed by atoms with Crippen LogP contribution in [0.1, 0.15) is 35.2 Å². The van der Waals surface area contributed by atoms with E-state index in [0.717, 1.165) is 6.42 Å². The molecule has 0 unspecified atom stereocenters. The van der Waals surface area contributed by atoms with E-state index >= 15 is 0 Å². The largest absolute Gasteiger partial charge is 0.507 e. The van der Waals surface area contributed by atoms with Crippen LogP contribution < -0.4 is 10.0 Å². The number of rotatable bonds is 8. The molecule has 0 heterocycles. The van der Waals surface area contributed by atoms with Crippen molar-refractivity contribution in [2.75, 3.05) is 31.9 Å². The molecule has 1 aliphatic rings. The molecule has 9 nitrogen and oxygen atoms in total. The number of carbonyl (C=O) groups is 1. The molecule has 3 rings (SSSR count). The van der Waals surface area contributed by atoms with Gasteiger partial charge in [0.1, 0.15) is 10.6 Å². The summed E-state index contributed by atoms with van der Waals surface area (Å²) in [6.07, 6.45) is 1.95. The Hall–Kier alpha value is -2.81. The Morgan fingerprint density at radius 3 is 2.52 bits per heavy atom. The van der Waals surface area contributed by atoms with Gasteiger partial charge in [-0.05, 0) is 69.3 Å². The number of amides is 1. The number of halogens is 1. The molecule has 1 fully saturated rings. The molecule has 0 radical (unpaired) electrons. The standard InChI is InChI=1S/C22H25BrN4O5S/c1-27(2)9-8-25-21(30)16-10-14(22(13-24)6-3-7-22)11-17(20(16)29)26-33(31,32)19-12-15(23)4-5-18(19)28/h4-5,10-12,26,28-29H,3,6-9H2,1-2H3,(H,25,30). The molecule has 1 amide bonds. The Morgan fingerprint density at radius 1 is 1.24 bits per heavy atom. The van der Waals surface area contributed by atoms with E-state index in [1.165, 1.54) is 30.3 Å². The lowest BCUT2D eigenvalue weighted by atomic mass is 9.65. The Bertz CT molecular complexity index is 1220. The van der Waals surface area contributed by atoms with Crippen LogP contribution in [-0.2, 0) is 15.4 Å². The third-order valence-corrected chi connectivity index (χ3v) is 7.52. The number of nitrogens with zero attached hydrogens (tertiary/aromatic N) is 2. The van der Waals surface area contributed by atoms with Crippen molar-refractivity contribution in [1.29, 1.82) is 5.26 Å². The number of nitriles is 1. The van der Waals surface area contributed by atoms with Gasteiger partial charge >= 0.3 is 0 Å². The molecule has 0 aromatic heterocycles. The number of phenols is 2. The number of sulfonamides is 1. The van der Waals surface area contributed by atoms with Crippen molar-refractivity contribution in [3.05, 3.63) is 45.9 Å². The van der Waals surface area contributed by atoms with Crippen molar-refractivity contribution in [1.82, 2.24) is 10.2 Å². The van der Waals surface area contributed by atoms with E-state index in [9.17, 15) is 28.7 Å². The van der Waals surface area contributed by atoms with Crippen LogP contribution in [0, 0.1) is 11.3 Å². The van der Waals surface area contributed by atoms with Crippen LogP contribution in [0.5, 0.6) is 11.5 Å². The molecular weight excluding hydrogens is 512 g/mol. The zero-order valence-corrected chi connectivity index (χ0v) is 20.6.